The van der Waals surface area contributed by atoms with Crippen LogP contribution in [0.5, 0.6) is 11.5 Å². The van der Waals surface area contributed by atoms with Gasteiger partial charge in [0.15, 0.2) is 11.5 Å². The van der Waals surface area contributed by atoms with E-state index in [2.05, 4.69) is 15.5 Å². The molecule has 8 heteroatoms. The normalized spacial score (nSPS) is 10.6. The van der Waals surface area contributed by atoms with Crippen molar-refractivity contribution >= 4 is 6.03 Å². The first-order valence-corrected chi connectivity index (χ1v) is 7.53. The smallest absolute Gasteiger partial charge is 0.317 e. The number of methoxy groups -OCH3 is 2. The molecular weight excluding hydrogens is 312 g/mol. The van der Waals surface area contributed by atoms with E-state index in [1.165, 1.54) is 0 Å². The Hall–Kier alpha value is -2.77. The molecule has 0 aliphatic heterocycles. The van der Waals surface area contributed by atoms with Gasteiger partial charge >= 0.3 is 6.03 Å². The van der Waals surface area contributed by atoms with E-state index in [4.69, 9.17) is 14.0 Å². The predicted octanol–water partition coefficient (Wildman–Crippen LogP) is 2.30. The Morgan fingerprint density at radius 2 is 2.00 bits per heavy atom. The average Bonchev–Trinajstić information content (AvgIpc) is 3.06. The van der Waals surface area contributed by atoms with Crippen molar-refractivity contribution in [2.45, 2.75) is 26.4 Å². The number of nitrogens with zero attached hydrogens (tertiary/aromatic N) is 3. The molecule has 0 radical (unpaired) electrons. The molecule has 1 aromatic carbocycles. The molecular formula is C16H22N4O4. The summed E-state index contributed by atoms with van der Waals surface area (Å²) in [5.74, 6) is 1.98. The van der Waals surface area contributed by atoms with Gasteiger partial charge in [0.2, 0.25) is 11.7 Å². The number of carbonyl (C=O) groups excluding carboxylic acids is 1. The topological polar surface area (TPSA) is 89.7 Å². The summed E-state index contributed by atoms with van der Waals surface area (Å²) in [6, 6.07) is 5.16. The standard InChI is InChI=1S/C16H22N4O4/c1-10(2)20(16(21)17-3)9-14-18-15(19-24-14)11-6-7-12(22-4)13(8-11)23-5/h6-8,10H,9H2,1-5H3,(H,17,21). The van der Waals surface area contributed by atoms with Gasteiger partial charge < -0.3 is 24.2 Å². The number of hydrogen-bond acceptors (Lipinski definition) is 6. The summed E-state index contributed by atoms with van der Waals surface area (Å²) in [6.07, 6.45) is 0. The summed E-state index contributed by atoms with van der Waals surface area (Å²) in [4.78, 5) is 17.8. The molecule has 0 fully saturated rings. The minimum atomic E-state index is -0.198. The highest BCUT2D eigenvalue weighted by molar-refractivity contribution is 5.74. The lowest BCUT2D eigenvalue weighted by molar-refractivity contribution is 0.171. The zero-order valence-corrected chi connectivity index (χ0v) is 14.5. The van der Waals surface area contributed by atoms with Crippen LogP contribution in [0.4, 0.5) is 4.79 Å². The van der Waals surface area contributed by atoms with Gasteiger partial charge in [-0.2, -0.15) is 4.98 Å². The molecule has 130 valence electrons. The van der Waals surface area contributed by atoms with Crippen LogP contribution in [0, 0.1) is 0 Å². The van der Waals surface area contributed by atoms with Crippen LogP contribution in [0.15, 0.2) is 22.7 Å². The van der Waals surface area contributed by atoms with Crippen molar-refractivity contribution in [1.29, 1.82) is 0 Å². The van der Waals surface area contributed by atoms with Crippen LogP contribution < -0.4 is 14.8 Å². The van der Waals surface area contributed by atoms with Crippen molar-refractivity contribution in [2.75, 3.05) is 21.3 Å². The Kier molecular flexibility index (Phi) is 5.62. The van der Waals surface area contributed by atoms with Gasteiger partial charge in [-0.25, -0.2) is 4.79 Å². The molecule has 8 nitrogen and oxygen atoms in total. The molecule has 0 saturated heterocycles. The minimum absolute atomic E-state index is 0.00128. The molecule has 2 aromatic rings. The molecule has 0 atom stereocenters. The number of urea groups is 1. The number of carbonyl (C=O) groups is 1. The quantitative estimate of drug-likeness (QED) is 0.872. The Morgan fingerprint density at radius 1 is 1.29 bits per heavy atom. The molecule has 0 saturated carbocycles. The van der Waals surface area contributed by atoms with Crippen molar-refractivity contribution in [3.8, 4) is 22.9 Å². The van der Waals surface area contributed by atoms with E-state index in [-0.39, 0.29) is 18.6 Å². The molecule has 24 heavy (non-hydrogen) atoms. The van der Waals surface area contributed by atoms with E-state index in [0.29, 0.717) is 23.2 Å². The van der Waals surface area contributed by atoms with Crippen LogP contribution in [0.3, 0.4) is 0 Å². The summed E-state index contributed by atoms with van der Waals surface area (Å²) in [7, 11) is 4.72. The van der Waals surface area contributed by atoms with Crippen molar-refractivity contribution < 1.29 is 18.8 Å². The van der Waals surface area contributed by atoms with Gasteiger partial charge in [-0.3, -0.25) is 0 Å². The molecule has 0 aliphatic rings. The number of ether oxygens (including phenoxy) is 2. The van der Waals surface area contributed by atoms with Crippen LogP contribution in [-0.4, -0.2) is 48.4 Å². The number of benzene rings is 1. The van der Waals surface area contributed by atoms with Gasteiger partial charge in [0, 0.05) is 18.7 Å². The van der Waals surface area contributed by atoms with Gasteiger partial charge in [0.05, 0.1) is 14.2 Å². The van der Waals surface area contributed by atoms with Crippen molar-refractivity contribution in [2.24, 2.45) is 0 Å². The summed E-state index contributed by atoms with van der Waals surface area (Å²) in [6.45, 7) is 4.07. The Morgan fingerprint density at radius 3 is 2.58 bits per heavy atom. The molecule has 2 rings (SSSR count). The molecule has 0 unspecified atom stereocenters. The lowest BCUT2D eigenvalue weighted by atomic mass is 10.2. The van der Waals surface area contributed by atoms with Crippen LogP contribution in [0.1, 0.15) is 19.7 Å². The molecule has 0 bridgehead atoms. The summed E-state index contributed by atoms with van der Waals surface area (Å²) in [5, 5.41) is 6.57. The van der Waals surface area contributed by atoms with Crippen LogP contribution >= 0.6 is 0 Å². The number of nitrogens with one attached hydrogen (secondary N) is 1. The molecule has 1 heterocycles. The van der Waals surface area contributed by atoms with Gasteiger partial charge in [0.25, 0.3) is 0 Å². The van der Waals surface area contributed by atoms with E-state index >= 15 is 0 Å². The first-order chi connectivity index (χ1) is 11.5. The fourth-order valence-corrected chi connectivity index (χ4v) is 2.19. The number of aromatic nitrogens is 2. The Balaban J connectivity index is 2.22. The Labute approximate surface area is 140 Å². The van der Waals surface area contributed by atoms with Crippen molar-refractivity contribution in [3.05, 3.63) is 24.1 Å². The summed E-state index contributed by atoms with van der Waals surface area (Å²) in [5.41, 5.74) is 0.735. The van der Waals surface area contributed by atoms with Crippen molar-refractivity contribution in [1.82, 2.24) is 20.4 Å². The first kappa shape index (κ1) is 17.6. The van der Waals surface area contributed by atoms with Crippen molar-refractivity contribution in [3.63, 3.8) is 0 Å². The Bertz CT molecular complexity index is 699. The fraction of sp³-hybridized carbons (Fsp3) is 0.438. The van der Waals surface area contributed by atoms with Gasteiger partial charge in [0.1, 0.15) is 6.54 Å². The van der Waals surface area contributed by atoms with Crippen LogP contribution in [0.25, 0.3) is 11.4 Å². The highest BCUT2D eigenvalue weighted by Gasteiger charge is 2.20. The highest BCUT2D eigenvalue weighted by Crippen LogP contribution is 2.31. The summed E-state index contributed by atoms with van der Waals surface area (Å²) < 4.78 is 15.8. The monoisotopic (exact) mass is 334 g/mol. The second-order valence-corrected chi connectivity index (χ2v) is 5.36. The molecule has 2 amide bonds. The molecule has 0 spiro atoms. The predicted molar refractivity (Wildman–Crippen MR) is 88.0 cm³/mol. The van der Waals surface area contributed by atoms with E-state index in [1.807, 2.05) is 19.9 Å². The van der Waals surface area contributed by atoms with E-state index in [9.17, 15) is 4.79 Å². The maximum atomic E-state index is 11.9. The largest absolute Gasteiger partial charge is 0.493 e. The zero-order valence-electron chi connectivity index (χ0n) is 14.5. The fourth-order valence-electron chi connectivity index (χ4n) is 2.19. The van der Waals surface area contributed by atoms with E-state index in [1.54, 1.807) is 38.3 Å². The third-order valence-electron chi connectivity index (χ3n) is 3.51. The third kappa shape index (κ3) is 3.76. The number of rotatable bonds is 6. The molecule has 1 aromatic heterocycles. The second kappa shape index (κ2) is 7.67. The lowest BCUT2D eigenvalue weighted by Gasteiger charge is -2.24. The van der Waals surface area contributed by atoms with Crippen LogP contribution in [0.2, 0.25) is 0 Å². The van der Waals surface area contributed by atoms with Gasteiger partial charge in [-0.15, -0.1) is 0 Å². The van der Waals surface area contributed by atoms with Crippen LogP contribution in [-0.2, 0) is 6.54 Å². The van der Waals surface area contributed by atoms with Gasteiger partial charge in [-0.05, 0) is 32.0 Å². The van der Waals surface area contributed by atoms with E-state index in [0.717, 1.165) is 5.56 Å². The van der Waals surface area contributed by atoms with E-state index < -0.39 is 0 Å². The summed E-state index contributed by atoms with van der Waals surface area (Å²) >= 11 is 0. The second-order valence-electron chi connectivity index (χ2n) is 5.36. The maximum absolute atomic E-state index is 11.9. The lowest BCUT2D eigenvalue weighted by Crippen LogP contribution is -2.42. The SMILES string of the molecule is CNC(=O)N(Cc1nc(-c2ccc(OC)c(OC)c2)no1)C(C)C. The highest BCUT2D eigenvalue weighted by atomic mass is 16.5. The number of hydrogen-bond donors (Lipinski definition) is 1. The zero-order chi connectivity index (χ0) is 17.7. The average molecular weight is 334 g/mol. The maximum Gasteiger partial charge on any atom is 0.317 e. The molecule has 1 N–H and O–H groups in total. The van der Waals surface area contributed by atoms with Gasteiger partial charge in [-0.1, -0.05) is 5.16 Å². The first-order valence-electron chi connectivity index (χ1n) is 7.53. The third-order valence-corrected chi connectivity index (χ3v) is 3.51. The number of amides is 2. The minimum Gasteiger partial charge on any atom is -0.493 e. The molecule has 0 aliphatic carbocycles.